The van der Waals surface area contributed by atoms with Crippen molar-refractivity contribution in [3.63, 3.8) is 0 Å². The van der Waals surface area contributed by atoms with E-state index in [1.807, 2.05) is 73.2 Å². The Bertz CT molecular complexity index is 1910. The molecule has 6 aromatic heterocycles. The van der Waals surface area contributed by atoms with Gasteiger partial charge in [0.1, 0.15) is 0 Å². The van der Waals surface area contributed by atoms with E-state index in [1.54, 1.807) is 18.6 Å². The van der Waals surface area contributed by atoms with Gasteiger partial charge in [-0.05, 0) is 72.8 Å². The Kier molecular flexibility index (Phi) is 8.25. The Morgan fingerprint density at radius 1 is 0.279 bits per heavy atom. The summed E-state index contributed by atoms with van der Waals surface area (Å²) in [6, 6.07) is 36.3. The fourth-order valence-electron chi connectivity index (χ4n) is 5.09. The smallest absolute Gasteiger partial charge is 0.0795 e. The van der Waals surface area contributed by atoms with Crippen molar-refractivity contribution in [2.24, 2.45) is 0 Å². The van der Waals surface area contributed by atoms with Crippen LogP contribution in [0.5, 0.6) is 0 Å². The van der Waals surface area contributed by atoms with Gasteiger partial charge in [-0.2, -0.15) is 0 Å². The van der Waals surface area contributed by atoms with Crippen molar-refractivity contribution in [3.05, 3.63) is 146 Å². The SMILES string of the molecule is [Zn].c1cnc2c(c1)ccc1ncccc12.c1cnc2c(c1)ccc1ncccc12.c1cnc2c(c1)ccc1ncccc12. The molecule has 9 rings (SSSR count). The number of hydrogen-bond donors (Lipinski definition) is 0. The van der Waals surface area contributed by atoms with Gasteiger partial charge in [0.05, 0.1) is 33.1 Å². The normalized spacial score (nSPS) is 10.6. The van der Waals surface area contributed by atoms with Gasteiger partial charge in [0, 0.05) is 89.0 Å². The first kappa shape index (κ1) is 27.9. The van der Waals surface area contributed by atoms with Crippen LogP contribution in [0.25, 0.3) is 65.4 Å². The molecule has 43 heavy (non-hydrogen) atoms. The Labute approximate surface area is 260 Å². The molecular weight excluding hydrogens is 582 g/mol. The third kappa shape index (κ3) is 5.76. The van der Waals surface area contributed by atoms with Gasteiger partial charge in [-0.1, -0.05) is 36.4 Å². The summed E-state index contributed by atoms with van der Waals surface area (Å²) in [5.74, 6) is 0. The van der Waals surface area contributed by atoms with Gasteiger partial charge >= 0.3 is 0 Å². The largest absolute Gasteiger partial charge is 0.256 e. The first-order valence-corrected chi connectivity index (χ1v) is 13.6. The molecule has 7 heteroatoms. The second kappa shape index (κ2) is 12.7. The molecule has 0 saturated heterocycles. The molecule has 3 aromatic carbocycles. The van der Waals surface area contributed by atoms with Gasteiger partial charge in [0.2, 0.25) is 0 Å². The van der Waals surface area contributed by atoms with Crippen molar-refractivity contribution in [2.75, 3.05) is 0 Å². The summed E-state index contributed by atoms with van der Waals surface area (Å²) in [5, 5.41) is 6.83. The summed E-state index contributed by atoms with van der Waals surface area (Å²) < 4.78 is 0. The molecule has 0 fully saturated rings. The zero-order valence-corrected chi connectivity index (χ0v) is 26.2. The Morgan fingerprint density at radius 3 is 0.884 bits per heavy atom. The molecule has 0 aliphatic rings. The van der Waals surface area contributed by atoms with Crippen LogP contribution in [0.4, 0.5) is 0 Å². The van der Waals surface area contributed by atoms with Crippen molar-refractivity contribution >= 4 is 65.4 Å². The third-order valence-electron chi connectivity index (χ3n) is 7.06. The monoisotopic (exact) mass is 604 g/mol. The molecule has 9 aromatic rings. The topological polar surface area (TPSA) is 77.3 Å². The molecule has 6 heterocycles. The molecule has 0 unspecified atom stereocenters. The molecule has 0 bridgehead atoms. The van der Waals surface area contributed by atoms with Gasteiger partial charge < -0.3 is 0 Å². The number of rotatable bonds is 0. The van der Waals surface area contributed by atoms with Crippen LogP contribution < -0.4 is 0 Å². The van der Waals surface area contributed by atoms with Gasteiger partial charge in [-0.3, -0.25) is 29.9 Å². The van der Waals surface area contributed by atoms with Crippen LogP contribution in [0.3, 0.4) is 0 Å². The van der Waals surface area contributed by atoms with Crippen LogP contribution in [0.1, 0.15) is 0 Å². The average Bonchev–Trinajstić information content (AvgIpc) is 3.09. The molecule has 0 radical (unpaired) electrons. The van der Waals surface area contributed by atoms with Crippen molar-refractivity contribution < 1.29 is 19.5 Å². The summed E-state index contributed by atoms with van der Waals surface area (Å²) in [6.07, 6.45) is 10.9. The van der Waals surface area contributed by atoms with Crippen LogP contribution >= 0.6 is 0 Å². The summed E-state index contributed by atoms with van der Waals surface area (Å²) in [7, 11) is 0. The van der Waals surface area contributed by atoms with Crippen molar-refractivity contribution in [1.82, 2.24) is 29.9 Å². The van der Waals surface area contributed by atoms with Gasteiger partial charge in [0.15, 0.2) is 0 Å². The first-order valence-electron chi connectivity index (χ1n) is 13.6. The van der Waals surface area contributed by atoms with E-state index in [4.69, 9.17) is 0 Å². The quantitative estimate of drug-likeness (QED) is 0.128. The molecule has 200 valence electrons. The fraction of sp³-hybridized carbons (Fsp3) is 0. The van der Waals surface area contributed by atoms with E-state index in [9.17, 15) is 0 Å². The fourth-order valence-corrected chi connectivity index (χ4v) is 5.09. The maximum absolute atomic E-state index is 4.37. The van der Waals surface area contributed by atoms with Gasteiger partial charge in [0.25, 0.3) is 0 Å². The predicted molar refractivity (Wildman–Crippen MR) is 171 cm³/mol. The molecule has 0 aliphatic heterocycles. The number of pyridine rings is 6. The van der Waals surface area contributed by atoms with Gasteiger partial charge in [-0.15, -0.1) is 0 Å². The van der Waals surface area contributed by atoms with Gasteiger partial charge in [-0.25, -0.2) is 0 Å². The van der Waals surface area contributed by atoms with Crippen LogP contribution in [0.2, 0.25) is 0 Å². The number of hydrogen-bond acceptors (Lipinski definition) is 6. The van der Waals surface area contributed by atoms with Crippen LogP contribution in [-0.4, -0.2) is 29.9 Å². The maximum Gasteiger partial charge on any atom is 0.0795 e. The van der Waals surface area contributed by atoms with Crippen molar-refractivity contribution in [1.29, 1.82) is 0 Å². The average molecular weight is 606 g/mol. The van der Waals surface area contributed by atoms with E-state index in [0.717, 1.165) is 65.4 Å². The van der Waals surface area contributed by atoms with Crippen molar-refractivity contribution in [3.8, 4) is 0 Å². The second-order valence-electron chi connectivity index (χ2n) is 9.63. The van der Waals surface area contributed by atoms with Crippen LogP contribution in [-0.2, 0) is 19.5 Å². The molecule has 0 saturated carbocycles. The Hall–Kier alpha value is -5.26. The summed E-state index contributed by atoms with van der Waals surface area (Å²) >= 11 is 0. The van der Waals surface area contributed by atoms with E-state index >= 15 is 0 Å². The predicted octanol–water partition coefficient (Wildman–Crippen LogP) is 8.35. The van der Waals surface area contributed by atoms with E-state index in [0.29, 0.717) is 0 Å². The van der Waals surface area contributed by atoms with E-state index in [1.165, 1.54) is 0 Å². The van der Waals surface area contributed by atoms with E-state index < -0.39 is 0 Å². The number of benzene rings is 3. The van der Waals surface area contributed by atoms with E-state index in [2.05, 4.69) is 84.5 Å². The molecular formula is C36H24N6Zn. The Morgan fingerprint density at radius 2 is 0.558 bits per heavy atom. The molecule has 0 amide bonds. The minimum absolute atomic E-state index is 0. The summed E-state index contributed by atoms with van der Waals surface area (Å²) in [4.78, 5) is 26.0. The van der Waals surface area contributed by atoms with Crippen LogP contribution in [0, 0.1) is 0 Å². The summed E-state index contributed by atoms with van der Waals surface area (Å²) in [6.45, 7) is 0. The minimum atomic E-state index is 0. The maximum atomic E-state index is 4.37. The zero-order chi connectivity index (χ0) is 28.1. The second-order valence-corrected chi connectivity index (χ2v) is 9.63. The molecule has 0 aliphatic carbocycles. The molecule has 0 spiro atoms. The summed E-state index contributed by atoms with van der Waals surface area (Å²) in [5.41, 5.74) is 6.07. The number of fused-ring (bicyclic) bond motifs is 9. The van der Waals surface area contributed by atoms with Crippen molar-refractivity contribution in [2.45, 2.75) is 0 Å². The van der Waals surface area contributed by atoms with E-state index in [-0.39, 0.29) is 19.5 Å². The zero-order valence-electron chi connectivity index (χ0n) is 23.2. The molecule has 0 atom stereocenters. The first-order chi connectivity index (χ1) is 20.8. The molecule has 6 nitrogen and oxygen atoms in total. The number of nitrogens with zero attached hydrogens (tertiary/aromatic N) is 6. The minimum Gasteiger partial charge on any atom is -0.256 e. The van der Waals surface area contributed by atoms with Crippen LogP contribution in [0.15, 0.2) is 146 Å². The number of aromatic nitrogens is 6. The molecule has 0 N–H and O–H groups in total. The third-order valence-corrected chi connectivity index (χ3v) is 7.06. The standard InChI is InChI=1S/3C12H8N2.Zn/c3*1-3-9-5-6-11-10(4-2-7-13-11)12(9)14-8-1;/h3*1-8H;. The Balaban J connectivity index is 0.000000113.